The number of nitrogens with one attached hydrogen (secondary N) is 2. The molecular weight excluding hydrogens is 266 g/mol. The molecule has 0 aliphatic rings. The Morgan fingerprint density at radius 3 is 2.65 bits per heavy atom. The maximum atomic E-state index is 11.6. The van der Waals surface area contributed by atoms with Gasteiger partial charge in [-0.3, -0.25) is 14.3 Å². The topological polar surface area (TPSA) is 139 Å². The summed E-state index contributed by atoms with van der Waals surface area (Å²) in [5, 5.41) is 17.3. The van der Waals surface area contributed by atoms with E-state index in [1.54, 1.807) is 13.8 Å². The van der Waals surface area contributed by atoms with Crippen molar-refractivity contribution in [2.45, 2.75) is 20.4 Å². The molecule has 20 heavy (non-hydrogen) atoms. The lowest BCUT2D eigenvalue weighted by Gasteiger charge is -2.20. The van der Waals surface area contributed by atoms with Crippen molar-refractivity contribution in [1.29, 1.82) is 0 Å². The zero-order valence-corrected chi connectivity index (χ0v) is 11.2. The number of primary amides is 1. The van der Waals surface area contributed by atoms with E-state index in [0.29, 0.717) is 5.69 Å². The Kier molecular flexibility index (Phi) is 4.68. The van der Waals surface area contributed by atoms with Crippen LogP contribution in [0.25, 0.3) is 0 Å². The lowest BCUT2D eigenvalue weighted by atomic mass is 9.93. The van der Waals surface area contributed by atoms with E-state index in [1.165, 1.54) is 17.1 Å². The molecule has 9 heteroatoms. The van der Waals surface area contributed by atoms with Crippen LogP contribution in [0.5, 0.6) is 0 Å². The van der Waals surface area contributed by atoms with Crippen molar-refractivity contribution in [1.82, 2.24) is 15.1 Å². The van der Waals surface area contributed by atoms with E-state index in [0.717, 1.165) is 0 Å². The lowest BCUT2D eigenvalue weighted by Crippen LogP contribution is -2.43. The van der Waals surface area contributed by atoms with E-state index in [9.17, 15) is 14.4 Å². The molecule has 0 aliphatic heterocycles. The Morgan fingerprint density at radius 2 is 2.10 bits per heavy atom. The van der Waals surface area contributed by atoms with Crippen LogP contribution in [-0.2, 0) is 16.1 Å². The van der Waals surface area contributed by atoms with Crippen LogP contribution in [-0.4, -0.2) is 39.3 Å². The van der Waals surface area contributed by atoms with Crippen molar-refractivity contribution in [2.24, 2.45) is 11.1 Å². The predicted octanol–water partition coefficient (Wildman–Crippen LogP) is -0.399. The summed E-state index contributed by atoms with van der Waals surface area (Å²) in [5.41, 5.74) is 4.67. The minimum Gasteiger partial charge on any atom is -0.480 e. The minimum absolute atomic E-state index is 0.0808. The molecule has 1 aromatic heterocycles. The molecule has 1 aromatic rings. The van der Waals surface area contributed by atoms with Gasteiger partial charge in [0.25, 0.3) is 0 Å². The summed E-state index contributed by atoms with van der Waals surface area (Å²) < 4.78 is 1.17. The van der Waals surface area contributed by atoms with Gasteiger partial charge in [0, 0.05) is 12.7 Å². The average Bonchev–Trinajstić information content (AvgIpc) is 2.73. The van der Waals surface area contributed by atoms with Crippen molar-refractivity contribution in [2.75, 3.05) is 11.9 Å². The smallest absolute Gasteiger partial charge is 0.325 e. The van der Waals surface area contributed by atoms with Crippen LogP contribution in [0, 0.1) is 5.41 Å². The molecule has 0 unspecified atom stereocenters. The number of aromatic nitrogens is 2. The fraction of sp³-hybridized carbons (Fsp3) is 0.455. The maximum absolute atomic E-state index is 11.6. The molecule has 0 bridgehead atoms. The third-order valence-corrected chi connectivity index (χ3v) is 2.55. The number of nitrogens with zero attached hydrogens (tertiary/aromatic N) is 2. The van der Waals surface area contributed by atoms with E-state index >= 15 is 0 Å². The highest BCUT2D eigenvalue weighted by atomic mass is 16.4. The van der Waals surface area contributed by atoms with Gasteiger partial charge in [-0.05, 0) is 13.8 Å². The Hall–Kier alpha value is -2.58. The van der Waals surface area contributed by atoms with E-state index < -0.39 is 23.3 Å². The first-order valence-electron chi connectivity index (χ1n) is 5.80. The summed E-state index contributed by atoms with van der Waals surface area (Å²) in [6.45, 7) is 3.01. The molecule has 1 rings (SSSR count). The third-order valence-electron chi connectivity index (χ3n) is 2.55. The van der Waals surface area contributed by atoms with Gasteiger partial charge in [-0.25, -0.2) is 4.79 Å². The van der Waals surface area contributed by atoms with Gasteiger partial charge in [-0.15, -0.1) is 0 Å². The number of rotatable bonds is 6. The highest BCUT2D eigenvalue weighted by molar-refractivity contribution is 5.89. The van der Waals surface area contributed by atoms with Crippen LogP contribution < -0.4 is 16.4 Å². The molecule has 0 atom stereocenters. The number of hydrogen-bond donors (Lipinski definition) is 4. The molecule has 1 heterocycles. The molecule has 110 valence electrons. The van der Waals surface area contributed by atoms with Crippen LogP contribution in [0.3, 0.4) is 0 Å². The quantitative estimate of drug-likeness (QED) is 0.562. The van der Waals surface area contributed by atoms with Crippen LogP contribution in [0.15, 0.2) is 12.4 Å². The molecule has 0 aromatic carbocycles. The molecule has 5 N–H and O–H groups in total. The van der Waals surface area contributed by atoms with Gasteiger partial charge >= 0.3 is 12.0 Å². The highest BCUT2D eigenvalue weighted by Crippen LogP contribution is 2.12. The van der Waals surface area contributed by atoms with E-state index in [-0.39, 0.29) is 13.1 Å². The number of carboxylic acid groups (broad SMARTS) is 1. The number of hydrogen-bond acceptors (Lipinski definition) is 4. The summed E-state index contributed by atoms with van der Waals surface area (Å²) in [7, 11) is 0. The van der Waals surface area contributed by atoms with E-state index in [4.69, 9.17) is 10.8 Å². The lowest BCUT2D eigenvalue weighted by molar-refractivity contribution is -0.137. The monoisotopic (exact) mass is 283 g/mol. The largest absolute Gasteiger partial charge is 0.480 e. The van der Waals surface area contributed by atoms with Crippen molar-refractivity contribution in [3.05, 3.63) is 12.4 Å². The number of anilines is 1. The number of urea groups is 1. The Bertz CT molecular complexity index is 523. The first-order chi connectivity index (χ1) is 9.20. The third kappa shape index (κ3) is 4.59. The fourth-order valence-electron chi connectivity index (χ4n) is 1.22. The van der Waals surface area contributed by atoms with E-state index in [1.807, 2.05) is 0 Å². The summed E-state index contributed by atoms with van der Waals surface area (Å²) >= 11 is 0. The number of carboxylic acids is 1. The number of carbonyl (C=O) groups excluding carboxylic acids is 2. The number of aliphatic carboxylic acids is 1. The molecule has 0 aliphatic carbocycles. The van der Waals surface area contributed by atoms with E-state index in [2.05, 4.69) is 15.7 Å². The molecule has 9 nitrogen and oxygen atoms in total. The second-order valence-electron chi connectivity index (χ2n) is 4.88. The normalized spacial score (nSPS) is 10.9. The van der Waals surface area contributed by atoms with Gasteiger partial charge in [0.1, 0.15) is 6.54 Å². The summed E-state index contributed by atoms with van der Waals surface area (Å²) in [4.78, 5) is 33.1. The van der Waals surface area contributed by atoms with Gasteiger partial charge in [0.15, 0.2) is 0 Å². The predicted molar refractivity (Wildman–Crippen MR) is 69.9 cm³/mol. The number of carbonyl (C=O) groups is 3. The molecule has 0 saturated heterocycles. The molecule has 3 amide bonds. The van der Waals surface area contributed by atoms with Crippen molar-refractivity contribution in [3.8, 4) is 0 Å². The summed E-state index contributed by atoms with van der Waals surface area (Å²) in [6.07, 6.45) is 2.70. The summed E-state index contributed by atoms with van der Waals surface area (Å²) in [5.74, 6) is -1.56. The van der Waals surface area contributed by atoms with Gasteiger partial charge in [0.05, 0.1) is 17.3 Å². The summed E-state index contributed by atoms with van der Waals surface area (Å²) in [6, 6.07) is -0.533. The van der Waals surface area contributed by atoms with Crippen LogP contribution in [0.2, 0.25) is 0 Å². The zero-order chi connectivity index (χ0) is 15.3. The average molecular weight is 283 g/mol. The van der Waals surface area contributed by atoms with Crippen molar-refractivity contribution >= 4 is 23.6 Å². The molecule has 0 fully saturated rings. The maximum Gasteiger partial charge on any atom is 0.325 e. The second kappa shape index (κ2) is 6.04. The standard InChI is InChI=1S/C11H17N5O4/c1-11(2,9(12)19)6-13-10(20)15-7-3-14-16(4-7)5-8(17)18/h3-4H,5-6H2,1-2H3,(H2,12,19)(H,17,18)(H2,13,15,20). The van der Waals surface area contributed by atoms with Gasteiger partial charge in [0.2, 0.25) is 5.91 Å². The van der Waals surface area contributed by atoms with Crippen LogP contribution >= 0.6 is 0 Å². The van der Waals surface area contributed by atoms with Crippen molar-refractivity contribution in [3.63, 3.8) is 0 Å². The molecule has 0 spiro atoms. The number of nitrogens with two attached hydrogens (primary N) is 1. The Balaban J connectivity index is 2.48. The zero-order valence-electron chi connectivity index (χ0n) is 11.2. The van der Waals surface area contributed by atoms with Gasteiger partial charge in [-0.1, -0.05) is 0 Å². The minimum atomic E-state index is -1.03. The Morgan fingerprint density at radius 1 is 1.45 bits per heavy atom. The molecule has 0 radical (unpaired) electrons. The molecule has 0 saturated carbocycles. The Labute approximate surface area is 115 Å². The number of amides is 3. The fourth-order valence-corrected chi connectivity index (χ4v) is 1.22. The second-order valence-corrected chi connectivity index (χ2v) is 4.88. The first kappa shape index (κ1) is 15.5. The van der Waals surface area contributed by atoms with Crippen molar-refractivity contribution < 1.29 is 19.5 Å². The van der Waals surface area contributed by atoms with Gasteiger partial charge < -0.3 is 21.5 Å². The van der Waals surface area contributed by atoms with Crippen LogP contribution in [0.1, 0.15) is 13.8 Å². The van der Waals surface area contributed by atoms with Gasteiger partial charge in [-0.2, -0.15) is 5.10 Å². The SMILES string of the molecule is CC(C)(CNC(=O)Nc1cnn(CC(=O)O)c1)C(N)=O. The molecular formula is C11H17N5O4. The highest BCUT2D eigenvalue weighted by Gasteiger charge is 2.25. The van der Waals surface area contributed by atoms with Crippen LogP contribution in [0.4, 0.5) is 10.5 Å². The first-order valence-corrected chi connectivity index (χ1v) is 5.80.